The van der Waals surface area contributed by atoms with E-state index in [1.165, 1.54) is 5.56 Å². The minimum absolute atomic E-state index is 0.571. The molecule has 1 aromatic carbocycles. The van der Waals surface area contributed by atoms with E-state index in [2.05, 4.69) is 5.32 Å². The zero-order chi connectivity index (χ0) is 10.2. The lowest BCUT2D eigenvalue weighted by atomic mass is 10.2. The zero-order valence-electron chi connectivity index (χ0n) is 7.81. The third-order valence-corrected chi connectivity index (χ3v) is 1.69. The maximum Gasteiger partial charge on any atom is 0.328 e. The highest BCUT2D eigenvalue weighted by atomic mass is 16.4. The van der Waals surface area contributed by atoms with Crippen LogP contribution in [0.3, 0.4) is 0 Å². The van der Waals surface area contributed by atoms with Gasteiger partial charge in [-0.15, -0.1) is 0 Å². The van der Waals surface area contributed by atoms with Gasteiger partial charge in [-0.1, -0.05) is 36.4 Å². The molecule has 0 aliphatic carbocycles. The van der Waals surface area contributed by atoms with Crippen molar-refractivity contribution in [2.45, 2.75) is 6.54 Å². The van der Waals surface area contributed by atoms with Crippen LogP contribution in [-0.4, -0.2) is 17.6 Å². The van der Waals surface area contributed by atoms with Gasteiger partial charge < -0.3 is 10.4 Å². The summed E-state index contributed by atoms with van der Waals surface area (Å²) in [7, 11) is 0. The van der Waals surface area contributed by atoms with Crippen molar-refractivity contribution in [1.82, 2.24) is 5.32 Å². The molecule has 0 saturated carbocycles. The summed E-state index contributed by atoms with van der Waals surface area (Å²) in [4.78, 5) is 10.1. The van der Waals surface area contributed by atoms with Crippen molar-refractivity contribution in [2.75, 3.05) is 6.54 Å². The summed E-state index contributed by atoms with van der Waals surface area (Å²) in [6, 6.07) is 9.96. The van der Waals surface area contributed by atoms with E-state index in [9.17, 15) is 4.79 Å². The molecular formula is C11H13NO2. The van der Waals surface area contributed by atoms with Crippen LogP contribution in [0.4, 0.5) is 0 Å². The van der Waals surface area contributed by atoms with Gasteiger partial charge in [0.05, 0.1) is 0 Å². The molecule has 0 spiro atoms. The highest BCUT2D eigenvalue weighted by molar-refractivity contribution is 5.79. The lowest BCUT2D eigenvalue weighted by molar-refractivity contribution is -0.131. The molecule has 0 fully saturated rings. The summed E-state index contributed by atoms with van der Waals surface area (Å²) in [5.74, 6) is -0.911. The van der Waals surface area contributed by atoms with Gasteiger partial charge >= 0.3 is 5.97 Å². The zero-order valence-corrected chi connectivity index (χ0v) is 7.81. The number of carboxylic acid groups (broad SMARTS) is 1. The molecule has 1 rings (SSSR count). The molecule has 0 amide bonds. The summed E-state index contributed by atoms with van der Waals surface area (Å²) in [5, 5.41) is 11.4. The van der Waals surface area contributed by atoms with Crippen molar-refractivity contribution in [3.8, 4) is 0 Å². The Balaban J connectivity index is 2.19. The van der Waals surface area contributed by atoms with Crippen LogP contribution in [0.1, 0.15) is 5.56 Å². The molecule has 2 N–H and O–H groups in total. The number of aliphatic carboxylic acids is 1. The number of hydrogen-bond donors (Lipinski definition) is 2. The molecule has 3 nitrogen and oxygen atoms in total. The van der Waals surface area contributed by atoms with Crippen molar-refractivity contribution < 1.29 is 9.90 Å². The highest BCUT2D eigenvalue weighted by Crippen LogP contribution is 1.96. The van der Waals surface area contributed by atoms with Gasteiger partial charge in [0.1, 0.15) is 0 Å². The molecule has 0 aliphatic heterocycles. The van der Waals surface area contributed by atoms with Gasteiger partial charge in [-0.25, -0.2) is 4.79 Å². The molecule has 0 heterocycles. The molecule has 74 valence electrons. The number of carboxylic acids is 1. The average molecular weight is 191 g/mol. The first-order valence-corrected chi connectivity index (χ1v) is 4.43. The fraction of sp³-hybridized carbons (Fsp3) is 0.182. The second-order valence-electron chi connectivity index (χ2n) is 2.86. The molecule has 0 aromatic heterocycles. The van der Waals surface area contributed by atoms with Crippen molar-refractivity contribution in [1.29, 1.82) is 0 Å². The molecular weight excluding hydrogens is 178 g/mol. The van der Waals surface area contributed by atoms with Crippen LogP contribution in [0.25, 0.3) is 0 Å². The number of benzene rings is 1. The predicted molar refractivity (Wildman–Crippen MR) is 54.9 cm³/mol. The fourth-order valence-corrected chi connectivity index (χ4v) is 1.06. The topological polar surface area (TPSA) is 49.3 Å². The van der Waals surface area contributed by atoms with Crippen LogP contribution in [0.2, 0.25) is 0 Å². The summed E-state index contributed by atoms with van der Waals surface area (Å²) in [6.07, 6.45) is 2.73. The van der Waals surface area contributed by atoms with Gasteiger partial charge in [0.25, 0.3) is 0 Å². The minimum atomic E-state index is -0.911. The van der Waals surface area contributed by atoms with Gasteiger partial charge in [0.15, 0.2) is 0 Å². The third-order valence-electron chi connectivity index (χ3n) is 1.69. The van der Waals surface area contributed by atoms with E-state index < -0.39 is 5.97 Å². The second kappa shape index (κ2) is 5.94. The first-order valence-electron chi connectivity index (χ1n) is 4.43. The lowest BCUT2D eigenvalue weighted by Gasteiger charge is -2.00. The molecule has 0 bridgehead atoms. The van der Waals surface area contributed by atoms with Crippen molar-refractivity contribution in [3.63, 3.8) is 0 Å². The molecule has 0 radical (unpaired) electrons. The van der Waals surface area contributed by atoms with Crippen LogP contribution in [0, 0.1) is 0 Å². The Hall–Kier alpha value is -1.61. The van der Waals surface area contributed by atoms with Crippen molar-refractivity contribution in [2.24, 2.45) is 0 Å². The van der Waals surface area contributed by atoms with Crippen LogP contribution in [-0.2, 0) is 11.3 Å². The van der Waals surface area contributed by atoms with E-state index in [-0.39, 0.29) is 0 Å². The van der Waals surface area contributed by atoms with Crippen molar-refractivity contribution >= 4 is 5.97 Å². The second-order valence-corrected chi connectivity index (χ2v) is 2.86. The van der Waals surface area contributed by atoms with Crippen LogP contribution >= 0.6 is 0 Å². The fourth-order valence-electron chi connectivity index (χ4n) is 1.06. The number of nitrogens with one attached hydrogen (secondary N) is 1. The maximum atomic E-state index is 10.1. The van der Waals surface area contributed by atoms with E-state index in [0.717, 1.165) is 12.6 Å². The summed E-state index contributed by atoms with van der Waals surface area (Å²) < 4.78 is 0. The Morgan fingerprint density at radius 1 is 1.36 bits per heavy atom. The molecule has 0 atom stereocenters. The summed E-state index contributed by atoms with van der Waals surface area (Å²) in [5.41, 5.74) is 1.19. The molecule has 0 saturated heterocycles. The van der Waals surface area contributed by atoms with Gasteiger partial charge in [-0.05, 0) is 5.56 Å². The van der Waals surface area contributed by atoms with Gasteiger partial charge in [0, 0.05) is 19.2 Å². The van der Waals surface area contributed by atoms with E-state index in [1.807, 2.05) is 30.3 Å². The largest absolute Gasteiger partial charge is 0.478 e. The van der Waals surface area contributed by atoms with Crippen LogP contribution < -0.4 is 5.32 Å². The quantitative estimate of drug-likeness (QED) is 0.546. The van der Waals surface area contributed by atoms with Crippen LogP contribution in [0.5, 0.6) is 0 Å². The Kier molecular flexibility index (Phi) is 4.44. The number of rotatable bonds is 5. The standard InChI is InChI=1S/C11H13NO2/c13-11(14)7-4-8-12-9-10-5-2-1-3-6-10/h1-7,12H,8-9H2,(H,13,14)/b7-4+. The first kappa shape index (κ1) is 10.5. The van der Waals surface area contributed by atoms with Gasteiger partial charge in [0.2, 0.25) is 0 Å². The summed E-state index contributed by atoms with van der Waals surface area (Å²) >= 11 is 0. The van der Waals surface area contributed by atoms with Gasteiger partial charge in [-0.3, -0.25) is 0 Å². The Bertz CT molecular complexity index is 306. The number of hydrogen-bond acceptors (Lipinski definition) is 2. The highest BCUT2D eigenvalue weighted by Gasteiger charge is 1.88. The Labute approximate surface area is 83.1 Å². The van der Waals surface area contributed by atoms with Crippen molar-refractivity contribution in [3.05, 3.63) is 48.0 Å². The van der Waals surface area contributed by atoms with E-state index in [0.29, 0.717) is 6.54 Å². The maximum absolute atomic E-state index is 10.1. The monoisotopic (exact) mass is 191 g/mol. The molecule has 1 aromatic rings. The molecule has 0 unspecified atom stereocenters. The van der Waals surface area contributed by atoms with Gasteiger partial charge in [-0.2, -0.15) is 0 Å². The smallest absolute Gasteiger partial charge is 0.328 e. The predicted octanol–water partition coefficient (Wildman–Crippen LogP) is 1.42. The third kappa shape index (κ3) is 4.42. The van der Waals surface area contributed by atoms with E-state index >= 15 is 0 Å². The van der Waals surface area contributed by atoms with E-state index in [1.54, 1.807) is 6.08 Å². The van der Waals surface area contributed by atoms with Crippen LogP contribution in [0.15, 0.2) is 42.5 Å². The first-order chi connectivity index (χ1) is 6.79. The number of carbonyl (C=O) groups is 1. The molecule has 0 aliphatic rings. The minimum Gasteiger partial charge on any atom is -0.478 e. The molecule has 3 heteroatoms. The molecule has 14 heavy (non-hydrogen) atoms. The lowest BCUT2D eigenvalue weighted by Crippen LogP contribution is -2.12. The summed E-state index contributed by atoms with van der Waals surface area (Å²) in [6.45, 7) is 1.33. The SMILES string of the molecule is O=C(O)/C=C/CNCc1ccccc1. The normalized spacial score (nSPS) is 10.6. The average Bonchev–Trinajstić information content (AvgIpc) is 2.18. The van der Waals surface area contributed by atoms with E-state index in [4.69, 9.17) is 5.11 Å². The Morgan fingerprint density at radius 2 is 2.07 bits per heavy atom. The Morgan fingerprint density at radius 3 is 2.71 bits per heavy atom.